The summed E-state index contributed by atoms with van der Waals surface area (Å²) in [5.74, 6) is -1.13. The van der Waals surface area contributed by atoms with E-state index in [-0.39, 0.29) is 12.3 Å². The Kier molecular flexibility index (Phi) is 5.83. The zero-order valence-electron chi connectivity index (χ0n) is 9.91. The number of ether oxygens (including phenoxy) is 1. The average Bonchev–Trinajstić information content (AvgIpc) is 2.56. The van der Waals surface area contributed by atoms with E-state index in [2.05, 4.69) is 11.7 Å². The van der Waals surface area contributed by atoms with Gasteiger partial charge in [-0.15, -0.1) is 0 Å². The molecule has 1 unspecified atom stereocenters. The van der Waals surface area contributed by atoms with Gasteiger partial charge in [-0.25, -0.2) is 0 Å². The van der Waals surface area contributed by atoms with Crippen molar-refractivity contribution in [3.8, 4) is 0 Å². The highest BCUT2D eigenvalue weighted by Gasteiger charge is 2.30. The van der Waals surface area contributed by atoms with Crippen LogP contribution in [0.15, 0.2) is 12.2 Å². The van der Waals surface area contributed by atoms with Gasteiger partial charge in [0.25, 0.3) is 0 Å². The zero-order chi connectivity index (χ0) is 11.8. The molecule has 1 fully saturated rings. The molecule has 1 atom stereocenters. The maximum atomic E-state index is 11.1. The second-order valence-electron chi connectivity index (χ2n) is 4.23. The lowest BCUT2D eigenvalue weighted by atomic mass is 10.1. The van der Waals surface area contributed by atoms with Gasteiger partial charge >= 0.3 is 11.9 Å². The minimum Gasteiger partial charge on any atom is -0.393 e. The number of allylic oxidation sites excluding steroid dienone is 1. The number of carbonyl (C=O) groups is 2. The Hall–Kier alpha value is -1.12. The molecular formula is C13H20O3. The molecular weight excluding hydrogens is 204 g/mol. The second kappa shape index (κ2) is 7.20. The van der Waals surface area contributed by atoms with Gasteiger partial charge in [-0.2, -0.15) is 0 Å². The maximum absolute atomic E-state index is 11.1. The molecule has 0 aromatic rings. The molecule has 0 spiro atoms. The molecule has 0 aromatic heterocycles. The molecule has 16 heavy (non-hydrogen) atoms. The predicted octanol–water partition coefficient (Wildman–Crippen LogP) is 2.99. The van der Waals surface area contributed by atoms with Crippen LogP contribution < -0.4 is 0 Å². The molecule has 0 radical (unpaired) electrons. The Morgan fingerprint density at radius 3 is 2.62 bits per heavy atom. The average molecular weight is 224 g/mol. The predicted molar refractivity (Wildman–Crippen MR) is 61.7 cm³/mol. The minimum atomic E-state index is -0.400. The van der Waals surface area contributed by atoms with Crippen molar-refractivity contribution in [1.82, 2.24) is 0 Å². The van der Waals surface area contributed by atoms with Crippen LogP contribution in [-0.4, -0.2) is 11.9 Å². The standard InChI is InChI=1S/C13H20O3/c1-2-3-4-5-6-7-8-9-11-10-12(14)16-13(11)15/h8-9,11H,2-7,10H2,1H3/b9-8+. The monoisotopic (exact) mass is 224 g/mol. The van der Waals surface area contributed by atoms with Gasteiger partial charge in [-0.1, -0.05) is 44.8 Å². The van der Waals surface area contributed by atoms with Gasteiger partial charge in [0.1, 0.15) is 0 Å². The number of unbranched alkanes of at least 4 members (excludes halogenated alkanes) is 5. The lowest BCUT2D eigenvalue weighted by Crippen LogP contribution is -2.03. The first kappa shape index (κ1) is 12.9. The fourth-order valence-corrected chi connectivity index (χ4v) is 1.77. The van der Waals surface area contributed by atoms with Crippen molar-refractivity contribution in [1.29, 1.82) is 0 Å². The minimum absolute atomic E-state index is 0.213. The van der Waals surface area contributed by atoms with Gasteiger partial charge in [0.2, 0.25) is 0 Å². The molecule has 1 rings (SSSR count). The van der Waals surface area contributed by atoms with Crippen LogP contribution in [0.3, 0.4) is 0 Å². The van der Waals surface area contributed by atoms with Crippen LogP contribution >= 0.6 is 0 Å². The first-order chi connectivity index (χ1) is 7.74. The van der Waals surface area contributed by atoms with Gasteiger partial charge in [0, 0.05) is 0 Å². The summed E-state index contributed by atoms with van der Waals surface area (Å²) < 4.78 is 4.45. The normalized spacial score (nSPS) is 20.7. The van der Waals surface area contributed by atoms with Gasteiger partial charge in [0.05, 0.1) is 12.3 Å². The van der Waals surface area contributed by atoms with Crippen LogP contribution in [0.1, 0.15) is 51.9 Å². The van der Waals surface area contributed by atoms with E-state index in [1.807, 2.05) is 12.2 Å². The Labute approximate surface area is 96.9 Å². The molecule has 1 saturated heterocycles. The molecule has 3 heteroatoms. The molecule has 0 amide bonds. The summed E-state index contributed by atoms with van der Waals surface area (Å²) in [4.78, 5) is 21.9. The van der Waals surface area contributed by atoms with E-state index in [0.29, 0.717) is 0 Å². The van der Waals surface area contributed by atoms with Crippen molar-refractivity contribution in [3.05, 3.63) is 12.2 Å². The SMILES string of the molecule is CCCCCCC/C=C/C1CC(=O)OC1=O. The summed E-state index contributed by atoms with van der Waals surface area (Å²) in [7, 11) is 0. The molecule has 1 aliphatic rings. The summed E-state index contributed by atoms with van der Waals surface area (Å²) in [6.45, 7) is 2.20. The van der Waals surface area contributed by atoms with Crippen molar-refractivity contribution in [3.63, 3.8) is 0 Å². The molecule has 0 bridgehead atoms. The van der Waals surface area contributed by atoms with Crippen LogP contribution in [-0.2, 0) is 14.3 Å². The van der Waals surface area contributed by atoms with Crippen molar-refractivity contribution >= 4 is 11.9 Å². The molecule has 0 saturated carbocycles. The highest BCUT2D eigenvalue weighted by molar-refractivity contribution is 5.95. The third kappa shape index (κ3) is 4.60. The summed E-state index contributed by atoms with van der Waals surface area (Å²) in [5, 5.41) is 0. The Morgan fingerprint density at radius 2 is 2.00 bits per heavy atom. The van der Waals surface area contributed by atoms with E-state index < -0.39 is 11.9 Å². The molecule has 3 nitrogen and oxygen atoms in total. The second-order valence-corrected chi connectivity index (χ2v) is 4.23. The fourth-order valence-electron chi connectivity index (χ4n) is 1.77. The van der Waals surface area contributed by atoms with E-state index in [4.69, 9.17) is 0 Å². The van der Waals surface area contributed by atoms with Crippen LogP contribution in [0.4, 0.5) is 0 Å². The van der Waals surface area contributed by atoms with Crippen molar-refractivity contribution in [2.75, 3.05) is 0 Å². The summed E-state index contributed by atoms with van der Waals surface area (Å²) >= 11 is 0. The van der Waals surface area contributed by atoms with Crippen molar-refractivity contribution in [2.45, 2.75) is 51.9 Å². The van der Waals surface area contributed by atoms with Crippen molar-refractivity contribution in [2.24, 2.45) is 5.92 Å². The number of hydrogen-bond acceptors (Lipinski definition) is 3. The highest BCUT2D eigenvalue weighted by atomic mass is 16.6. The topological polar surface area (TPSA) is 43.4 Å². The van der Waals surface area contributed by atoms with Gasteiger partial charge in [-0.3, -0.25) is 9.59 Å². The summed E-state index contributed by atoms with van der Waals surface area (Å²) in [5.41, 5.74) is 0. The summed E-state index contributed by atoms with van der Waals surface area (Å²) in [6.07, 6.45) is 11.3. The quantitative estimate of drug-likeness (QED) is 0.289. The number of rotatable bonds is 7. The number of cyclic esters (lactones) is 2. The molecule has 0 aromatic carbocycles. The van der Waals surface area contributed by atoms with Gasteiger partial charge in [0.15, 0.2) is 0 Å². The van der Waals surface area contributed by atoms with E-state index in [9.17, 15) is 9.59 Å². The van der Waals surface area contributed by atoms with Crippen LogP contribution in [0.5, 0.6) is 0 Å². The summed E-state index contributed by atoms with van der Waals surface area (Å²) in [6, 6.07) is 0. The van der Waals surface area contributed by atoms with Crippen LogP contribution in [0, 0.1) is 5.92 Å². The van der Waals surface area contributed by atoms with E-state index in [1.54, 1.807) is 0 Å². The Bertz CT molecular complexity index is 268. The number of carbonyl (C=O) groups excluding carboxylic acids is 2. The Morgan fingerprint density at radius 1 is 1.25 bits per heavy atom. The first-order valence-electron chi connectivity index (χ1n) is 6.15. The Balaban J connectivity index is 2.08. The van der Waals surface area contributed by atoms with E-state index in [1.165, 1.54) is 25.7 Å². The molecule has 90 valence electrons. The lowest BCUT2D eigenvalue weighted by molar-refractivity contribution is -0.152. The fraction of sp³-hybridized carbons (Fsp3) is 0.692. The zero-order valence-corrected chi connectivity index (χ0v) is 9.91. The van der Waals surface area contributed by atoms with Crippen molar-refractivity contribution < 1.29 is 14.3 Å². The smallest absolute Gasteiger partial charge is 0.321 e. The first-order valence-corrected chi connectivity index (χ1v) is 6.15. The number of esters is 2. The van der Waals surface area contributed by atoms with E-state index >= 15 is 0 Å². The molecule has 1 aliphatic heterocycles. The molecule has 1 heterocycles. The largest absolute Gasteiger partial charge is 0.393 e. The molecule has 0 N–H and O–H groups in total. The van der Waals surface area contributed by atoms with Crippen LogP contribution in [0.25, 0.3) is 0 Å². The molecule has 0 aliphatic carbocycles. The third-order valence-electron chi connectivity index (χ3n) is 2.75. The van der Waals surface area contributed by atoms with Gasteiger partial charge < -0.3 is 4.74 Å². The third-order valence-corrected chi connectivity index (χ3v) is 2.75. The lowest BCUT2D eigenvalue weighted by Gasteiger charge is -1.97. The number of hydrogen-bond donors (Lipinski definition) is 0. The highest BCUT2D eigenvalue weighted by Crippen LogP contribution is 2.17. The van der Waals surface area contributed by atoms with Gasteiger partial charge in [-0.05, 0) is 12.8 Å². The maximum Gasteiger partial charge on any atom is 0.321 e. The van der Waals surface area contributed by atoms with E-state index in [0.717, 1.165) is 12.8 Å². The van der Waals surface area contributed by atoms with Crippen LogP contribution in [0.2, 0.25) is 0 Å².